The van der Waals surface area contributed by atoms with E-state index in [1.54, 1.807) is 11.8 Å². The van der Waals surface area contributed by atoms with Crippen LogP contribution in [0.3, 0.4) is 0 Å². The number of nitrogens with zero attached hydrogens (tertiary/aromatic N) is 3. The van der Waals surface area contributed by atoms with E-state index in [4.69, 9.17) is 9.84 Å². The summed E-state index contributed by atoms with van der Waals surface area (Å²) >= 11 is 1.57. The molecule has 2 N–H and O–H groups in total. The van der Waals surface area contributed by atoms with Gasteiger partial charge in [-0.25, -0.2) is 4.68 Å². The molecule has 1 amide bonds. The van der Waals surface area contributed by atoms with Crippen molar-refractivity contribution in [3.8, 4) is 5.75 Å². The normalized spacial score (nSPS) is 15.0. The van der Waals surface area contributed by atoms with Gasteiger partial charge in [0.1, 0.15) is 11.8 Å². The third kappa shape index (κ3) is 4.82. The van der Waals surface area contributed by atoms with Crippen LogP contribution in [0.2, 0.25) is 0 Å². The predicted molar refractivity (Wildman–Crippen MR) is 138 cm³/mol. The molecule has 2 aromatic carbocycles. The summed E-state index contributed by atoms with van der Waals surface area (Å²) in [6.07, 6.45) is 0.945. The van der Waals surface area contributed by atoms with Crippen molar-refractivity contribution in [3.05, 3.63) is 70.4 Å². The van der Waals surface area contributed by atoms with E-state index < -0.39 is 6.04 Å². The van der Waals surface area contributed by atoms with Crippen LogP contribution in [0.5, 0.6) is 5.75 Å². The fraction of sp³-hybridized carbons (Fsp3) is 0.346. The standard InChI is InChI=1S/C26H31N5O2S/c1-6-15-33-20-13-11-19(12-14-20)23-22(24(32)28-21-10-8-9-16(3)17(21)4)18(5)27-25-29-26(34-7-2)30-31(23)25/h8-14,23H,6-7,15H2,1-5H3,(H,28,32)(H,27,29,30). The molecule has 0 fully saturated rings. The Bertz CT molecular complexity index is 1220. The number of anilines is 2. The van der Waals surface area contributed by atoms with Crippen molar-refractivity contribution in [2.24, 2.45) is 0 Å². The lowest BCUT2D eigenvalue weighted by atomic mass is 9.94. The van der Waals surface area contributed by atoms with Crippen LogP contribution < -0.4 is 15.4 Å². The number of nitrogens with one attached hydrogen (secondary N) is 2. The minimum Gasteiger partial charge on any atom is -0.494 e. The zero-order chi connectivity index (χ0) is 24.2. The van der Waals surface area contributed by atoms with Crippen LogP contribution >= 0.6 is 11.8 Å². The highest BCUT2D eigenvalue weighted by Crippen LogP contribution is 2.37. The topological polar surface area (TPSA) is 81.1 Å². The fourth-order valence-electron chi connectivity index (χ4n) is 3.97. The highest BCUT2D eigenvalue weighted by Gasteiger charge is 2.34. The van der Waals surface area contributed by atoms with E-state index in [9.17, 15) is 4.79 Å². The average molecular weight is 478 g/mol. The minimum atomic E-state index is -0.416. The molecule has 3 aromatic rings. The Morgan fingerprint density at radius 3 is 2.62 bits per heavy atom. The van der Waals surface area contributed by atoms with Crippen molar-refractivity contribution in [3.63, 3.8) is 0 Å². The summed E-state index contributed by atoms with van der Waals surface area (Å²) in [4.78, 5) is 18.3. The van der Waals surface area contributed by atoms with Crippen LogP contribution in [-0.4, -0.2) is 33.0 Å². The molecule has 34 heavy (non-hydrogen) atoms. The molecule has 178 valence electrons. The molecule has 0 saturated carbocycles. The maximum Gasteiger partial charge on any atom is 0.255 e. The average Bonchev–Trinajstić information content (AvgIpc) is 3.22. The Balaban J connectivity index is 1.74. The molecule has 1 unspecified atom stereocenters. The molecule has 7 nitrogen and oxygen atoms in total. The van der Waals surface area contributed by atoms with Crippen molar-refractivity contribution >= 4 is 29.3 Å². The van der Waals surface area contributed by atoms with Gasteiger partial charge in [0.2, 0.25) is 11.1 Å². The molecule has 1 aromatic heterocycles. The van der Waals surface area contributed by atoms with Gasteiger partial charge in [0.05, 0.1) is 12.2 Å². The lowest BCUT2D eigenvalue weighted by Gasteiger charge is -2.29. The van der Waals surface area contributed by atoms with Crippen molar-refractivity contribution in [1.29, 1.82) is 0 Å². The predicted octanol–water partition coefficient (Wildman–Crippen LogP) is 5.72. The number of thioether (sulfide) groups is 1. The van der Waals surface area contributed by atoms with E-state index in [2.05, 4.69) is 29.5 Å². The van der Waals surface area contributed by atoms with Crippen molar-refractivity contribution in [2.45, 2.75) is 52.2 Å². The van der Waals surface area contributed by atoms with Gasteiger partial charge >= 0.3 is 0 Å². The van der Waals surface area contributed by atoms with Crippen LogP contribution in [0.1, 0.15) is 49.9 Å². The molecular weight excluding hydrogens is 446 g/mol. The minimum absolute atomic E-state index is 0.166. The lowest BCUT2D eigenvalue weighted by Crippen LogP contribution is -2.31. The molecule has 0 aliphatic carbocycles. The monoisotopic (exact) mass is 477 g/mol. The number of allylic oxidation sites excluding steroid dienone is 1. The number of hydrogen-bond donors (Lipinski definition) is 2. The third-order valence-corrected chi connectivity index (χ3v) is 6.59. The van der Waals surface area contributed by atoms with Gasteiger partial charge in [-0.1, -0.05) is 49.9 Å². The maximum absolute atomic E-state index is 13.7. The number of rotatable bonds is 8. The summed E-state index contributed by atoms with van der Waals surface area (Å²) in [7, 11) is 0. The Morgan fingerprint density at radius 1 is 1.15 bits per heavy atom. The summed E-state index contributed by atoms with van der Waals surface area (Å²) in [6, 6.07) is 13.4. The molecular formula is C26H31N5O2S. The highest BCUT2D eigenvalue weighted by atomic mass is 32.2. The van der Waals surface area contributed by atoms with E-state index >= 15 is 0 Å². The second-order valence-corrected chi connectivity index (χ2v) is 9.51. The molecule has 1 aliphatic rings. The van der Waals surface area contributed by atoms with Gasteiger partial charge in [-0.15, -0.1) is 5.10 Å². The maximum atomic E-state index is 13.7. The molecule has 0 radical (unpaired) electrons. The number of benzene rings is 2. The van der Waals surface area contributed by atoms with Crippen LogP contribution in [0.15, 0.2) is 58.9 Å². The van der Waals surface area contributed by atoms with E-state index in [0.29, 0.717) is 23.3 Å². The van der Waals surface area contributed by atoms with Gasteiger partial charge in [0.15, 0.2) is 0 Å². The van der Waals surface area contributed by atoms with E-state index in [-0.39, 0.29) is 5.91 Å². The number of carbonyl (C=O) groups is 1. The summed E-state index contributed by atoms with van der Waals surface area (Å²) in [5, 5.41) is 11.8. The number of ether oxygens (including phenoxy) is 1. The molecule has 2 heterocycles. The number of aryl methyl sites for hydroxylation is 1. The van der Waals surface area contributed by atoms with Crippen molar-refractivity contribution < 1.29 is 9.53 Å². The van der Waals surface area contributed by atoms with E-state index in [1.165, 1.54) is 0 Å². The van der Waals surface area contributed by atoms with Crippen LogP contribution in [-0.2, 0) is 4.79 Å². The van der Waals surface area contributed by atoms with Gasteiger partial charge in [0, 0.05) is 11.4 Å². The first-order chi connectivity index (χ1) is 16.4. The van der Waals surface area contributed by atoms with Gasteiger partial charge in [-0.05, 0) is 67.8 Å². The molecule has 0 bridgehead atoms. The highest BCUT2D eigenvalue weighted by molar-refractivity contribution is 7.99. The Kier molecular flexibility index (Phi) is 7.26. The Morgan fingerprint density at radius 2 is 1.91 bits per heavy atom. The Hall–Kier alpha value is -3.26. The van der Waals surface area contributed by atoms with Gasteiger partial charge in [-0.2, -0.15) is 4.98 Å². The molecule has 1 aliphatic heterocycles. The first kappa shape index (κ1) is 23.9. The number of aromatic nitrogens is 3. The van der Waals surface area contributed by atoms with Crippen LogP contribution in [0, 0.1) is 13.8 Å². The van der Waals surface area contributed by atoms with Gasteiger partial charge < -0.3 is 15.4 Å². The summed E-state index contributed by atoms with van der Waals surface area (Å²) < 4.78 is 7.57. The molecule has 1 atom stereocenters. The second kappa shape index (κ2) is 10.3. The van der Waals surface area contributed by atoms with Crippen molar-refractivity contribution in [2.75, 3.05) is 23.0 Å². The summed E-state index contributed by atoms with van der Waals surface area (Å²) in [6.45, 7) is 10.8. The smallest absolute Gasteiger partial charge is 0.255 e. The SMILES string of the molecule is CCCOc1ccc(C2C(C(=O)Nc3cccc(C)c3C)=C(C)Nc3nc(SCC)nn32)cc1. The lowest BCUT2D eigenvalue weighted by molar-refractivity contribution is -0.113. The zero-order valence-electron chi connectivity index (χ0n) is 20.3. The summed E-state index contributed by atoms with van der Waals surface area (Å²) in [5.41, 5.74) is 5.29. The first-order valence-corrected chi connectivity index (χ1v) is 12.6. The molecule has 4 rings (SSSR count). The van der Waals surface area contributed by atoms with E-state index in [0.717, 1.165) is 46.0 Å². The third-order valence-electron chi connectivity index (χ3n) is 5.87. The number of hydrogen-bond acceptors (Lipinski definition) is 6. The molecule has 8 heteroatoms. The second-order valence-electron chi connectivity index (χ2n) is 8.28. The van der Waals surface area contributed by atoms with Gasteiger partial charge in [-0.3, -0.25) is 4.79 Å². The number of amides is 1. The largest absolute Gasteiger partial charge is 0.494 e. The fourth-order valence-corrected chi connectivity index (χ4v) is 4.52. The van der Waals surface area contributed by atoms with E-state index in [1.807, 2.05) is 67.9 Å². The van der Waals surface area contributed by atoms with Crippen LogP contribution in [0.4, 0.5) is 11.6 Å². The van der Waals surface area contributed by atoms with Gasteiger partial charge in [0.25, 0.3) is 5.91 Å². The zero-order valence-corrected chi connectivity index (χ0v) is 21.1. The Labute approximate surface area is 205 Å². The molecule has 0 saturated heterocycles. The number of fused-ring (bicyclic) bond motifs is 1. The van der Waals surface area contributed by atoms with Crippen molar-refractivity contribution in [1.82, 2.24) is 14.8 Å². The van der Waals surface area contributed by atoms with Crippen LogP contribution in [0.25, 0.3) is 0 Å². The molecule has 0 spiro atoms. The first-order valence-electron chi connectivity index (χ1n) is 11.6. The quantitative estimate of drug-likeness (QED) is 0.404. The number of carbonyl (C=O) groups excluding carboxylic acids is 1. The summed E-state index contributed by atoms with van der Waals surface area (Å²) in [5.74, 6) is 2.14.